The second-order valence-electron chi connectivity index (χ2n) is 21.5. The number of ketones is 1. The number of nitrogens with two attached hydrogens (primary N) is 2. The van der Waals surface area contributed by atoms with Crippen molar-refractivity contribution in [3.05, 3.63) is 23.9 Å². The van der Waals surface area contributed by atoms with Gasteiger partial charge in [-0.1, -0.05) is 72.1 Å². The van der Waals surface area contributed by atoms with Gasteiger partial charge in [0.05, 0.1) is 25.6 Å². The first-order valence-electron chi connectivity index (χ1n) is 26.4. The summed E-state index contributed by atoms with van der Waals surface area (Å²) in [5.41, 5.74) is 13.8. The van der Waals surface area contributed by atoms with E-state index in [4.69, 9.17) is 25.7 Å². The van der Waals surface area contributed by atoms with E-state index in [9.17, 15) is 19.2 Å². The molecule has 14 nitrogen and oxygen atoms in total. The summed E-state index contributed by atoms with van der Waals surface area (Å²) in [5.74, 6) is 1.84. The van der Waals surface area contributed by atoms with Gasteiger partial charge in [-0.3, -0.25) is 19.2 Å². The van der Waals surface area contributed by atoms with Crippen LogP contribution in [0, 0.1) is 58.2 Å². The standard InChI is InChI=1S/C53H95N7O7/c1-37(2)10-8-11-38(3)46-14-15-47-45-13-12-42-36-44(16-18-52(42,5)48(45)17-19-53(46,47)6)67-50(63)35-41(51(64)60-28-26-57-24-21-55)33-43(61)32-40(34-49(62)59-27-25-56-23-20-54)39(4)58-22-9-29-66-31-30-65-7/h12,37-38,40-41,44-48,56-58H,4,8-11,13-36,54-55H2,1-3,5-7H3,(H,59,62)(H,60,64)/t38-,40?,41?,44+,45?,46?,47?,48?,52+,53-/m1/s1. The molecule has 384 valence electrons. The summed E-state index contributed by atoms with van der Waals surface area (Å²) in [6.45, 7) is 22.7. The molecular weight excluding hydrogens is 847 g/mol. The Hall–Kier alpha value is -2.88. The first-order chi connectivity index (χ1) is 32.2. The number of Topliss-reactive ketones (excluding diaryl/α,β-unsaturated/α-hetero) is 1. The number of esters is 1. The van der Waals surface area contributed by atoms with E-state index in [2.05, 4.69) is 73.9 Å². The smallest absolute Gasteiger partial charge is 0.306 e. The third kappa shape index (κ3) is 17.5. The van der Waals surface area contributed by atoms with Gasteiger partial charge < -0.3 is 52.3 Å². The maximum absolute atomic E-state index is 13.9. The molecule has 2 amide bonds. The van der Waals surface area contributed by atoms with Gasteiger partial charge in [0.25, 0.3) is 0 Å². The molecule has 67 heavy (non-hydrogen) atoms. The Labute approximate surface area is 405 Å². The average Bonchev–Trinajstić information content (AvgIpc) is 3.65. The van der Waals surface area contributed by atoms with Crippen LogP contribution >= 0.6 is 0 Å². The second kappa shape index (κ2) is 29.3. The molecule has 3 saturated carbocycles. The first-order valence-corrected chi connectivity index (χ1v) is 26.4. The van der Waals surface area contributed by atoms with Crippen molar-refractivity contribution in [2.24, 2.45) is 69.6 Å². The topological polar surface area (TPSA) is 208 Å². The number of amides is 2. The van der Waals surface area contributed by atoms with Gasteiger partial charge in [0.2, 0.25) is 11.8 Å². The van der Waals surface area contributed by atoms with Gasteiger partial charge in [-0.2, -0.15) is 0 Å². The minimum Gasteiger partial charge on any atom is -0.462 e. The molecule has 0 aromatic rings. The molecule has 0 aromatic carbocycles. The Morgan fingerprint density at radius 2 is 1.48 bits per heavy atom. The number of hydrogen-bond donors (Lipinski definition) is 7. The Morgan fingerprint density at radius 1 is 0.761 bits per heavy atom. The van der Waals surface area contributed by atoms with Crippen LogP contribution in [0.25, 0.3) is 0 Å². The Balaban J connectivity index is 1.38. The van der Waals surface area contributed by atoms with Gasteiger partial charge >= 0.3 is 5.97 Å². The molecular formula is C53H95N7O7. The van der Waals surface area contributed by atoms with Crippen molar-refractivity contribution in [3.63, 3.8) is 0 Å². The number of hydrogen-bond acceptors (Lipinski definition) is 12. The normalized spacial score (nSPS) is 26.9. The molecule has 0 aromatic heterocycles. The third-order valence-corrected chi connectivity index (χ3v) is 16.3. The SMILES string of the molecule is C=C(NCCCOCCOC)C(CC(=O)CC(CC(=O)O[C@H]1CC[C@@]2(C)C(=CCC3C4CCC([C@H](C)CCCC(C)C)[C@@]4(C)CCC32)C1)C(=O)NCCNCCN)CC(=O)NCCNCCN. The zero-order valence-electron chi connectivity index (χ0n) is 42.8. The molecule has 3 fully saturated rings. The number of ether oxygens (including phenoxy) is 3. The lowest BCUT2D eigenvalue weighted by atomic mass is 9.47. The van der Waals surface area contributed by atoms with Crippen molar-refractivity contribution in [1.29, 1.82) is 0 Å². The van der Waals surface area contributed by atoms with Crippen molar-refractivity contribution in [1.82, 2.24) is 26.6 Å². The number of allylic oxidation sites excluding steroid dienone is 2. The molecule has 0 heterocycles. The van der Waals surface area contributed by atoms with Crippen LogP contribution in [0.1, 0.15) is 137 Å². The van der Waals surface area contributed by atoms with Crippen LogP contribution in [-0.2, 0) is 33.4 Å². The summed E-state index contributed by atoms with van der Waals surface area (Å²) < 4.78 is 16.9. The van der Waals surface area contributed by atoms with Gasteiger partial charge in [-0.15, -0.1) is 0 Å². The van der Waals surface area contributed by atoms with Crippen LogP contribution in [0.5, 0.6) is 0 Å². The van der Waals surface area contributed by atoms with Crippen LogP contribution in [0.3, 0.4) is 0 Å². The summed E-state index contributed by atoms with van der Waals surface area (Å²) in [7, 11) is 1.63. The zero-order valence-corrected chi connectivity index (χ0v) is 42.8. The van der Waals surface area contributed by atoms with Gasteiger partial charge in [0, 0.05) is 110 Å². The van der Waals surface area contributed by atoms with Gasteiger partial charge in [-0.25, -0.2) is 0 Å². The van der Waals surface area contributed by atoms with Crippen molar-refractivity contribution < 1.29 is 33.4 Å². The molecule has 0 radical (unpaired) electrons. The zero-order chi connectivity index (χ0) is 48.8. The van der Waals surface area contributed by atoms with Crippen molar-refractivity contribution >= 4 is 23.6 Å². The predicted molar refractivity (Wildman–Crippen MR) is 268 cm³/mol. The first kappa shape index (κ1) is 56.7. The van der Waals surface area contributed by atoms with Crippen molar-refractivity contribution in [3.8, 4) is 0 Å². The summed E-state index contributed by atoms with van der Waals surface area (Å²) in [6.07, 6.45) is 15.6. The van der Waals surface area contributed by atoms with Crippen LogP contribution in [-0.4, -0.2) is 116 Å². The lowest BCUT2D eigenvalue weighted by Crippen LogP contribution is -2.51. The van der Waals surface area contributed by atoms with Crippen LogP contribution in [0.15, 0.2) is 23.9 Å². The number of methoxy groups -OCH3 is 1. The fourth-order valence-corrected chi connectivity index (χ4v) is 12.7. The highest BCUT2D eigenvalue weighted by Crippen LogP contribution is 2.67. The molecule has 4 aliphatic carbocycles. The average molecular weight is 942 g/mol. The number of carbonyl (C=O) groups excluding carboxylic acids is 4. The fourth-order valence-electron chi connectivity index (χ4n) is 12.7. The number of nitrogens with one attached hydrogen (secondary N) is 5. The molecule has 6 unspecified atom stereocenters. The quantitative estimate of drug-likeness (QED) is 0.0233. The maximum atomic E-state index is 13.9. The van der Waals surface area contributed by atoms with E-state index in [1.54, 1.807) is 7.11 Å². The Kier molecular flexibility index (Phi) is 24.8. The second-order valence-corrected chi connectivity index (χ2v) is 21.5. The summed E-state index contributed by atoms with van der Waals surface area (Å²) >= 11 is 0. The maximum Gasteiger partial charge on any atom is 0.306 e. The molecule has 9 N–H and O–H groups in total. The molecule has 0 aliphatic heterocycles. The van der Waals surface area contributed by atoms with E-state index in [0.29, 0.717) is 102 Å². The highest BCUT2D eigenvalue weighted by molar-refractivity contribution is 5.90. The minimum absolute atomic E-state index is 0.0125. The molecule has 0 saturated heterocycles. The number of rotatable bonds is 34. The monoisotopic (exact) mass is 942 g/mol. The molecule has 4 aliphatic rings. The fraction of sp³-hybridized carbons (Fsp3) is 0.849. The summed E-state index contributed by atoms with van der Waals surface area (Å²) in [4.78, 5) is 54.6. The van der Waals surface area contributed by atoms with Gasteiger partial charge in [0.15, 0.2) is 0 Å². The summed E-state index contributed by atoms with van der Waals surface area (Å²) in [6, 6.07) is 0. The molecule has 14 heteroatoms. The Morgan fingerprint density at radius 3 is 2.18 bits per heavy atom. The molecule has 4 rings (SSSR count). The van der Waals surface area contributed by atoms with E-state index in [1.807, 2.05) is 0 Å². The highest BCUT2D eigenvalue weighted by atomic mass is 16.5. The van der Waals surface area contributed by atoms with Gasteiger partial charge in [-0.05, 0) is 97.7 Å². The largest absolute Gasteiger partial charge is 0.462 e. The lowest BCUT2D eigenvalue weighted by molar-refractivity contribution is -0.154. The van der Waals surface area contributed by atoms with Crippen molar-refractivity contribution in [2.45, 2.75) is 143 Å². The van der Waals surface area contributed by atoms with Crippen molar-refractivity contribution in [2.75, 3.05) is 85.8 Å². The van der Waals surface area contributed by atoms with E-state index in [-0.39, 0.29) is 54.8 Å². The van der Waals surface area contributed by atoms with Crippen LogP contribution in [0.2, 0.25) is 0 Å². The van der Waals surface area contributed by atoms with E-state index < -0.39 is 17.8 Å². The molecule has 10 atom stereocenters. The molecule has 0 spiro atoms. The van der Waals surface area contributed by atoms with E-state index >= 15 is 0 Å². The predicted octanol–water partition coefficient (Wildman–Crippen LogP) is 5.79. The van der Waals surface area contributed by atoms with E-state index in [1.165, 1.54) is 50.5 Å². The summed E-state index contributed by atoms with van der Waals surface area (Å²) in [5, 5.41) is 15.5. The Bertz CT molecular complexity index is 1580. The minimum atomic E-state index is -0.920. The van der Waals surface area contributed by atoms with Crippen LogP contribution in [0.4, 0.5) is 0 Å². The molecule has 0 bridgehead atoms. The van der Waals surface area contributed by atoms with Crippen LogP contribution < -0.4 is 38.1 Å². The van der Waals surface area contributed by atoms with E-state index in [0.717, 1.165) is 55.3 Å². The third-order valence-electron chi connectivity index (χ3n) is 16.3. The lowest BCUT2D eigenvalue weighted by Gasteiger charge is -2.58. The van der Waals surface area contributed by atoms with Gasteiger partial charge in [0.1, 0.15) is 11.9 Å². The number of carbonyl (C=O) groups is 4. The number of fused-ring (bicyclic) bond motifs is 5. The highest BCUT2D eigenvalue weighted by Gasteiger charge is 2.59.